The van der Waals surface area contributed by atoms with E-state index in [1.54, 1.807) is 24.0 Å². The molecule has 7 heteroatoms. The van der Waals surface area contributed by atoms with Crippen molar-refractivity contribution in [1.29, 1.82) is 0 Å². The average molecular weight is 337 g/mol. The van der Waals surface area contributed by atoms with Crippen molar-refractivity contribution < 1.29 is 9.53 Å². The fourth-order valence-electron chi connectivity index (χ4n) is 2.96. The zero-order valence-corrected chi connectivity index (χ0v) is 13.9. The van der Waals surface area contributed by atoms with Gasteiger partial charge in [-0.3, -0.25) is 14.2 Å². The molecule has 25 heavy (non-hydrogen) atoms. The molecule has 7 nitrogen and oxygen atoms in total. The Kier molecular flexibility index (Phi) is 4.07. The Morgan fingerprint density at radius 3 is 2.92 bits per heavy atom. The van der Waals surface area contributed by atoms with Crippen molar-refractivity contribution >= 4 is 11.6 Å². The van der Waals surface area contributed by atoms with Crippen LogP contribution in [-0.2, 0) is 11.8 Å². The summed E-state index contributed by atoms with van der Waals surface area (Å²) in [5.74, 6) is -0.209. The lowest BCUT2D eigenvalue weighted by Crippen LogP contribution is -2.15. The molecule has 1 aromatic carbocycles. The molecular formula is C18H19N5O2. The first kappa shape index (κ1) is 15.6. The standard InChI is InChI=1S/C18H19N5O2/c1-22-17(9-16(21-22)13-5-3-2-4-6-13)18(24)20-14-10-19-23(11-14)15-7-8-25-12-15/h2-6,9-11,15H,7-8,12H2,1H3,(H,20,24)/t15-/m0/s1. The molecule has 3 heterocycles. The van der Waals surface area contributed by atoms with Crippen LogP contribution in [0.2, 0.25) is 0 Å². The highest BCUT2D eigenvalue weighted by Crippen LogP contribution is 2.21. The lowest BCUT2D eigenvalue weighted by Gasteiger charge is -2.07. The van der Waals surface area contributed by atoms with Crippen LogP contribution in [0.15, 0.2) is 48.8 Å². The third-order valence-corrected chi connectivity index (χ3v) is 4.32. The highest BCUT2D eigenvalue weighted by atomic mass is 16.5. The number of anilines is 1. The van der Waals surface area contributed by atoms with E-state index in [2.05, 4.69) is 15.5 Å². The summed E-state index contributed by atoms with van der Waals surface area (Å²) in [5, 5.41) is 11.6. The van der Waals surface area contributed by atoms with Gasteiger partial charge in [0.25, 0.3) is 5.91 Å². The van der Waals surface area contributed by atoms with Crippen LogP contribution < -0.4 is 5.32 Å². The molecule has 0 bridgehead atoms. The van der Waals surface area contributed by atoms with Crippen molar-refractivity contribution in [2.45, 2.75) is 12.5 Å². The lowest BCUT2D eigenvalue weighted by molar-refractivity contribution is 0.101. The number of ether oxygens (including phenoxy) is 1. The molecule has 2 aromatic heterocycles. The largest absolute Gasteiger partial charge is 0.379 e. The van der Waals surface area contributed by atoms with Gasteiger partial charge in [-0.15, -0.1) is 0 Å². The molecule has 1 aliphatic rings. The molecule has 0 unspecified atom stereocenters. The molecule has 1 atom stereocenters. The number of hydrogen-bond acceptors (Lipinski definition) is 4. The number of hydrogen-bond donors (Lipinski definition) is 1. The first-order valence-electron chi connectivity index (χ1n) is 8.23. The van der Waals surface area contributed by atoms with Crippen molar-refractivity contribution in [3.8, 4) is 11.3 Å². The number of carbonyl (C=O) groups excluding carboxylic acids is 1. The Labute approximate surface area is 145 Å². The maximum Gasteiger partial charge on any atom is 0.274 e. The van der Waals surface area contributed by atoms with Gasteiger partial charge in [-0.2, -0.15) is 10.2 Å². The minimum absolute atomic E-state index is 0.209. The number of nitrogens with one attached hydrogen (secondary N) is 1. The SMILES string of the molecule is Cn1nc(-c2ccccc2)cc1C(=O)Nc1cnn([C@H]2CCOC2)c1. The van der Waals surface area contributed by atoms with E-state index in [4.69, 9.17) is 4.74 Å². The zero-order valence-electron chi connectivity index (χ0n) is 13.9. The molecule has 0 saturated carbocycles. The van der Waals surface area contributed by atoms with Crippen molar-refractivity contribution in [2.24, 2.45) is 7.05 Å². The van der Waals surface area contributed by atoms with Gasteiger partial charge in [0.05, 0.1) is 30.2 Å². The van der Waals surface area contributed by atoms with Crippen LogP contribution in [0.1, 0.15) is 23.0 Å². The van der Waals surface area contributed by atoms with Crippen LogP contribution in [0.25, 0.3) is 11.3 Å². The smallest absolute Gasteiger partial charge is 0.274 e. The average Bonchev–Trinajstić information content (AvgIpc) is 3.35. The van der Waals surface area contributed by atoms with Gasteiger partial charge in [0.2, 0.25) is 0 Å². The van der Waals surface area contributed by atoms with Gasteiger partial charge in [0, 0.05) is 25.4 Å². The summed E-state index contributed by atoms with van der Waals surface area (Å²) in [6, 6.07) is 11.8. The first-order chi connectivity index (χ1) is 12.2. The maximum atomic E-state index is 12.6. The van der Waals surface area contributed by atoms with Gasteiger partial charge in [-0.25, -0.2) is 0 Å². The molecule has 1 aliphatic heterocycles. The lowest BCUT2D eigenvalue weighted by atomic mass is 10.1. The molecule has 4 rings (SSSR count). The molecule has 0 aliphatic carbocycles. The predicted octanol–water partition coefficient (Wildman–Crippen LogP) is 2.50. The van der Waals surface area contributed by atoms with Crippen molar-refractivity contribution in [2.75, 3.05) is 18.5 Å². The van der Waals surface area contributed by atoms with E-state index in [0.717, 1.165) is 24.3 Å². The van der Waals surface area contributed by atoms with Crippen molar-refractivity contribution in [3.63, 3.8) is 0 Å². The highest BCUT2D eigenvalue weighted by Gasteiger charge is 2.19. The van der Waals surface area contributed by atoms with E-state index < -0.39 is 0 Å². The van der Waals surface area contributed by atoms with Crippen LogP contribution in [-0.4, -0.2) is 38.7 Å². The molecule has 1 saturated heterocycles. The second-order valence-corrected chi connectivity index (χ2v) is 6.09. The van der Waals surface area contributed by atoms with Crippen LogP contribution >= 0.6 is 0 Å². The number of rotatable bonds is 4. The molecule has 1 fully saturated rings. The third-order valence-electron chi connectivity index (χ3n) is 4.32. The number of carbonyl (C=O) groups is 1. The summed E-state index contributed by atoms with van der Waals surface area (Å²) in [4.78, 5) is 12.6. The van der Waals surface area contributed by atoms with Gasteiger partial charge in [-0.05, 0) is 12.5 Å². The van der Waals surface area contributed by atoms with Crippen molar-refractivity contribution in [1.82, 2.24) is 19.6 Å². The van der Waals surface area contributed by atoms with Crippen LogP contribution in [0, 0.1) is 0 Å². The molecule has 0 radical (unpaired) electrons. The minimum atomic E-state index is -0.209. The summed E-state index contributed by atoms with van der Waals surface area (Å²) in [6.07, 6.45) is 4.44. The highest BCUT2D eigenvalue weighted by molar-refractivity contribution is 6.03. The summed E-state index contributed by atoms with van der Waals surface area (Å²) < 4.78 is 8.81. The molecule has 128 valence electrons. The van der Waals surface area contributed by atoms with Crippen LogP contribution in [0.5, 0.6) is 0 Å². The summed E-state index contributed by atoms with van der Waals surface area (Å²) in [6.45, 7) is 1.42. The van der Waals surface area contributed by atoms with E-state index in [9.17, 15) is 4.79 Å². The predicted molar refractivity (Wildman–Crippen MR) is 93.3 cm³/mol. The Morgan fingerprint density at radius 2 is 2.16 bits per heavy atom. The van der Waals surface area contributed by atoms with E-state index in [1.807, 2.05) is 41.2 Å². The number of aromatic nitrogens is 4. The fourth-order valence-corrected chi connectivity index (χ4v) is 2.96. The van der Waals surface area contributed by atoms with E-state index in [0.29, 0.717) is 18.0 Å². The normalized spacial score (nSPS) is 16.9. The molecule has 1 N–H and O–H groups in total. The van der Waals surface area contributed by atoms with Crippen molar-refractivity contribution in [3.05, 3.63) is 54.5 Å². The Balaban J connectivity index is 1.51. The number of nitrogens with zero attached hydrogens (tertiary/aromatic N) is 4. The van der Waals surface area contributed by atoms with Crippen LogP contribution in [0.4, 0.5) is 5.69 Å². The third kappa shape index (κ3) is 3.18. The maximum absolute atomic E-state index is 12.6. The molecule has 0 spiro atoms. The van der Waals surface area contributed by atoms with Gasteiger partial charge in [0.1, 0.15) is 5.69 Å². The quantitative estimate of drug-likeness (QED) is 0.794. The minimum Gasteiger partial charge on any atom is -0.379 e. The summed E-state index contributed by atoms with van der Waals surface area (Å²) in [7, 11) is 1.76. The fraction of sp³-hybridized carbons (Fsp3) is 0.278. The van der Waals surface area contributed by atoms with E-state index >= 15 is 0 Å². The monoisotopic (exact) mass is 337 g/mol. The topological polar surface area (TPSA) is 74.0 Å². The van der Waals surface area contributed by atoms with Gasteiger partial charge in [0.15, 0.2) is 0 Å². The Morgan fingerprint density at radius 1 is 1.32 bits per heavy atom. The summed E-state index contributed by atoms with van der Waals surface area (Å²) >= 11 is 0. The van der Waals surface area contributed by atoms with Crippen LogP contribution in [0.3, 0.4) is 0 Å². The van der Waals surface area contributed by atoms with E-state index in [1.165, 1.54) is 0 Å². The zero-order chi connectivity index (χ0) is 17.2. The Hall–Kier alpha value is -2.93. The number of amides is 1. The molecule has 1 amide bonds. The number of benzene rings is 1. The molecular weight excluding hydrogens is 318 g/mol. The summed E-state index contributed by atoms with van der Waals surface area (Å²) in [5.41, 5.74) is 2.91. The Bertz CT molecular complexity index is 878. The second kappa shape index (κ2) is 6.52. The second-order valence-electron chi connectivity index (χ2n) is 6.09. The van der Waals surface area contributed by atoms with E-state index in [-0.39, 0.29) is 11.9 Å². The van der Waals surface area contributed by atoms with Gasteiger partial charge < -0.3 is 10.1 Å². The molecule has 3 aromatic rings. The number of aryl methyl sites for hydroxylation is 1. The van der Waals surface area contributed by atoms with Gasteiger partial charge >= 0.3 is 0 Å². The van der Waals surface area contributed by atoms with Gasteiger partial charge in [-0.1, -0.05) is 30.3 Å². The first-order valence-corrected chi connectivity index (χ1v) is 8.23.